The summed E-state index contributed by atoms with van der Waals surface area (Å²) in [7, 11) is 0. The highest BCUT2D eigenvalue weighted by Crippen LogP contribution is 2.36. The standard InChI is InChI=1S/C18H18BrN3O5/c1-4-25-18(24)16-9(2)15(10(3)21-16)17(23)22-20-7-11-5-13-14(6-12(11)19)27-8-26-13/h5-7,21H,4,8H2,1-3H3,(H,22,23)/b20-7+. The van der Waals surface area contributed by atoms with Gasteiger partial charge in [-0.15, -0.1) is 0 Å². The van der Waals surface area contributed by atoms with E-state index in [1.54, 1.807) is 32.9 Å². The number of amides is 1. The lowest BCUT2D eigenvalue weighted by molar-refractivity contribution is 0.0519. The molecule has 1 aliphatic heterocycles. The van der Waals surface area contributed by atoms with Crippen LogP contribution in [-0.2, 0) is 4.74 Å². The normalized spacial score (nSPS) is 12.4. The SMILES string of the molecule is CCOC(=O)c1[nH]c(C)c(C(=O)N/N=C/c2cc3c(cc2Br)OCO3)c1C. The molecule has 8 nitrogen and oxygen atoms in total. The molecule has 0 fully saturated rings. The lowest BCUT2D eigenvalue weighted by Crippen LogP contribution is -2.19. The zero-order valence-electron chi connectivity index (χ0n) is 15.0. The first-order valence-corrected chi connectivity index (χ1v) is 9.00. The van der Waals surface area contributed by atoms with Gasteiger partial charge in [-0.25, -0.2) is 10.2 Å². The van der Waals surface area contributed by atoms with E-state index in [9.17, 15) is 9.59 Å². The van der Waals surface area contributed by atoms with Crippen molar-refractivity contribution in [3.63, 3.8) is 0 Å². The largest absolute Gasteiger partial charge is 0.461 e. The molecular weight excluding hydrogens is 418 g/mol. The molecule has 2 heterocycles. The fraction of sp³-hybridized carbons (Fsp3) is 0.278. The van der Waals surface area contributed by atoms with Gasteiger partial charge in [0.2, 0.25) is 6.79 Å². The Morgan fingerprint density at radius 3 is 2.74 bits per heavy atom. The van der Waals surface area contributed by atoms with Gasteiger partial charge < -0.3 is 19.2 Å². The Morgan fingerprint density at radius 2 is 2.04 bits per heavy atom. The molecule has 142 valence electrons. The predicted molar refractivity (Wildman–Crippen MR) is 102 cm³/mol. The second-order valence-corrected chi connectivity index (χ2v) is 6.63. The number of aromatic amines is 1. The van der Waals surface area contributed by atoms with Crippen LogP contribution in [0.2, 0.25) is 0 Å². The molecule has 2 aromatic rings. The number of fused-ring (bicyclic) bond motifs is 1. The number of rotatable bonds is 5. The Hall–Kier alpha value is -2.81. The van der Waals surface area contributed by atoms with Crippen LogP contribution < -0.4 is 14.9 Å². The average Bonchev–Trinajstić information content (AvgIpc) is 3.18. The molecule has 0 atom stereocenters. The summed E-state index contributed by atoms with van der Waals surface area (Å²) in [5.74, 6) is 0.338. The average molecular weight is 436 g/mol. The fourth-order valence-corrected chi connectivity index (χ4v) is 3.17. The van der Waals surface area contributed by atoms with Gasteiger partial charge in [0.05, 0.1) is 18.4 Å². The molecule has 0 spiro atoms. The molecule has 27 heavy (non-hydrogen) atoms. The van der Waals surface area contributed by atoms with E-state index in [2.05, 4.69) is 31.4 Å². The van der Waals surface area contributed by atoms with Crippen molar-refractivity contribution in [1.29, 1.82) is 0 Å². The van der Waals surface area contributed by atoms with Crippen LogP contribution in [0, 0.1) is 13.8 Å². The molecule has 0 aliphatic carbocycles. The summed E-state index contributed by atoms with van der Waals surface area (Å²) >= 11 is 3.42. The molecule has 3 rings (SSSR count). The molecule has 0 radical (unpaired) electrons. The first-order valence-electron chi connectivity index (χ1n) is 8.21. The number of carbonyl (C=O) groups is 2. The topological polar surface area (TPSA) is 102 Å². The van der Waals surface area contributed by atoms with E-state index in [-0.39, 0.29) is 19.1 Å². The number of hydrazone groups is 1. The van der Waals surface area contributed by atoms with Crippen molar-refractivity contribution >= 4 is 34.0 Å². The summed E-state index contributed by atoms with van der Waals surface area (Å²) in [5, 5.41) is 4.00. The lowest BCUT2D eigenvalue weighted by atomic mass is 10.1. The van der Waals surface area contributed by atoms with Crippen LogP contribution in [0.25, 0.3) is 0 Å². The molecule has 2 N–H and O–H groups in total. The quantitative estimate of drug-likeness (QED) is 0.426. The Labute approximate surface area is 164 Å². The molecule has 1 aliphatic rings. The minimum absolute atomic E-state index is 0.175. The summed E-state index contributed by atoms with van der Waals surface area (Å²) in [6.45, 7) is 5.55. The van der Waals surface area contributed by atoms with Gasteiger partial charge in [-0.05, 0) is 54.4 Å². The maximum Gasteiger partial charge on any atom is 0.355 e. The summed E-state index contributed by atoms with van der Waals surface area (Å²) < 4.78 is 16.4. The van der Waals surface area contributed by atoms with Crippen molar-refractivity contribution < 1.29 is 23.8 Å². The monoisotopic (exact) mass is 435 g/mol. The van der Waals surface area contributed by atoms with Gasteiger partial charge in [0.1, 0.15) is 5.69 Å². The van der Waals surface area contributed by atoms with Crippen LogP contribution in [0.5, 0.6) is 11.5 Å². The predicted octanol–water partition coefficient (Wildman–Crippen LogP) is 3.06. The van der Waals surface area contributed by atoms with Crippen molar-refractivity contribution in [3.05, 3.63) is 44.7 Å². The number of aryl methyl sites for hydroxylation is 1. The number of benzene rings is 1. The molecule has 1 amide bonds. The van der Waals surface area contributed by atoms with Gasteiger partial charge in [-0.2, -0.15) is 5.10 Å². The first kappa shape index (κ1) is 19.0. The number of aromatic nitrogens is 1. The first-order chi connectivity index (χ1) is 12.9. The fourth-order valence-electron chi connectivity index (χ4n) is 2.75. The van der Waals surface area contributed by atoms with E-state index in [0.717, 1.165) is 4.47 Å². The molecular formula is C18H18BrN3O5. The van der Waals surface area contributed by atoms with Crippen LogP contribution in [0.4, 0.5) is 0 Å². The van der Waals surface area contributed by atoms with Gasteiger partial charge in [-0.3, -0.25) is 4.79 Å². The van der Waals surface area contributed by atoms with Crippen molar-refractivity contribution in [2.75, 3.05) is 13.4 Å². The third-order valence-corrected chi connectivity index (χ3v) is 4.69. The van der Waals surface area contributed by atoms with Crippen LogP contribution in [0.1, 0.15) is 44.6 Å². The molecule has 1 aromatic carbocycles. The molecule has 1 aromatic heterocycles. The Balaban J connectivity index is 1.75. The van der Waals surface area contributed by atoms with E-state index in [1.807, 2.05) is 0 Å². The highest BCUT2D eigenvalue weighted by molar-refractivity contribution is 9.10. The van der Waals surface area contributed by atoms with E-state index < -0.39 is 11.9 Å². The maximum atomic E-state index is 12.5. The Bertz CT molecular complexity index is 936. The van der Waals surface area contributed by atoms with Crippen molar-refractivity contribution in [2.45, 2.75) is 20.8 Å². The number of ether oxygens (including phenoxy) is 3. The summed E-state index contributed by atoms with van der Waals surface area (Å²) in [5.41, 5.74) is 4.90. The van der Waals surface area contributed by atoms with E-state index in [0.29, 0.717) is 33.9 Å². The van der Waals surface area contributed by atoms with Crippen LogP contribution >= 0.6 is 15.9 Å². The van der Waals surface area contributed by atoms with Gasteiger partial charge in [-0.1, -0.05) is 0 Å². The number of halogens is 1. The number of carbonyl (C=O) groups excluding carboxylic acids is 2. The minimum Gasteiger partial charge on any atom is -0.461 e. The Morgan fingerprint density at radius 1 is 1.33 bits per heavy atom. The second kappa shape index (κ2) is 7.83. The highest BCUT2D eigenvalue weighted by Gasteiger charge is 2.22. The third-order valence-electron chi connectivity index (χ3n) is 4.01. The molecule has 0 bridgehead atoms. The molecule has 0 saturated carbocycles. The smallest absolute Gasteiger partial charge is 0.355 e. The maximum absolute atomic E-state index is 12.5. The summed E-state index contributed by atoms with van der Waals surface area (Å²) in [6.07, 6.45) is 1.49. The number of H-pyrrole nitrogens is 1. The molecule has 9 heteroatoms. The van der Waals surface area contributed by atoms with Gasteiger partial charge in [0.15, 0.2) is 11.5 Å². The Kier molecular flexibility index (Phi) is 5.50. The highest BCUT2D eigenvalue weighted by atomic mass is 79.9. The van der Waals surface area contributed by atoms with Gasteiger partial charge in [0.25, 0.3) is 5.91 Å². The van der Waals surface area contributed by atoms with Gasteiger partial charge in [0, 0.05) is 15.7 Å². The molecule has 0 saturated heterocycles. The number of nitrogens with zero attached hydrogens (tertiary/aromatic N) is 1. The van der Waals surface area contributed by atoms with Crippen molar-refractivity contribution in [1.82, 2.24) is 10.4 Å². The number of nitrogens with one attached hydrogen (secondary N) is 2. The lowest BCUT2D eigenvalue weighted by Gasteiger charge is -2.03. The van der Waals surface area contributed by atoms with Crippen LogP contribution in [0.15, 0.2) is 21.7 Å². The molecule has 0 unspecified atom stereocenters. The minimum atomic E-state index is -0.495. The van der Waals surface area contributed by atoms with Crippen molar-refractivity contribution in [3.8, 4) is 11.5 Å². The number of esters is 1. The summed E-state index contributed by atoms with van der Waals surface area (Å²) in [6, 6.07) is 3.53. The second-order valence-electron chi connectivity index (χ2n) is 5.77. The van der Waals surface area contributed by atoms with Gasteiger partial charge >= 0.3 is 5.97 Å². The van der Waals surface area contributed by atoms with Crippen LogP contribution in [-0.4, -0.2) is 36.5 Å². The van der Waals surface area contributed by atoms with E-state index in [1.165, 1.54) is 6.21 Å². The number of hydrogen-bond acceptors (Lipinski definition) is 6. The zero-order valence-corrected chi connectivity index (χ0v) is 16.6. The third kappa shape index (κ3) is 3.82. The van der Waals surface area contributed by atoms with E-state index >= 15 is 0 Å². The van der Waals surface area contributed by atoms with Crippen molar-refractivity contribution in [2.24, 2.45) is 5.10 Å². The summed E-state index contributed by atoms with van der Waals surface area (Å²) in [4.78, 5) is 27.3. The van der Waals surface area contributed by atoms with E-state index in [4.69, 9.17) is 14.2 Å². The zero-order chi connectivity index (χ0) is 19.6. The number of hydrogen-bond donors (Lipinski definition) is 2. The van der Waals surface area contributed by atoms with Crippen LogP contribution in [0.3, 0.4) is 0 Å².